The van der Waals surface area contributed by atoms with Crippen LogP contribution in [-0.2, 0) is 7.05 Å². The van der Waals surface area contributed by atoms with Gasteiger partial charge in [0.15, 0.2) is 0 Å². The Morgan fingerprint density at radius 3 is 3.05 bits per heavy atom. The summed E-state index contributed by atoms with van der Waals surface area (Å²) in [5.74, 6) is -0.350. The first kappa shape index (κ1) is 13.2. The fourth-order valence-corrected chi connectivity index (χ4v) is 1.57. The molecule has 1 aromatic carbocycles. The van der Waals surface area contributed by atoms with Gasteiger partial charge in [0.1, 0.15) is 16.5 Å². The Labute approximate surface area is 113 Å². The third-order valence-electron chi connectivity index (χ3n) is 2.33. The van der Waals surface area contributed by atoms with Crippen LogP contribution in [0.2, 0.25) is 5.02 Å². The van der Waals surface area contributed by atoms with Gasteiger partial charge in [0.05, 0.1) is 12.4 Å². The maximum atomic E-state index is 12.9. The molecule has 1 heterocycles. The molecule has 0 radical (unpaired) electrons. The first-order valence-corrected chi connectivity index (χ1v) is 5.72. The van der Waals surface area contributed by atoms with Crippen LogP contribution in [0.4, 0.5) is 10.1 Å². The maximum Gasteiger partial charge on any atom is 0.287 e. The number of nitrogens with one attached hydrogen (secondary N) is 1. The molecule has 0 atom stereocenters. The van der Waals surface area contributed by atoms with Crippen molar-refractivity contribution in [3.8, 4) is 0 Å². The van der Waals surface area contributed by atoms with Gasteiger partial charge in [0.2, 0.25) is 0 Å². The lowest BCUT2D eigenvalue weighted by Gasteiger charge is -2.03. The molecule has 0 aliphatic heterocycles. The van der Waals surface area contributed by atoms with Gasteiger partial charge in [-0.25, -0.2) is 9.07 Å². The zero-order valence-corrected chi connectivity index (χ0v) is 10.7. The summed E-state index contributed by atoms with van der Waals surface area (Å²) in [6.45, 7) is 0. The summed E-state index contributed by atoms with van der Waals surface area (Å²) in [5, 5.41) is 7.67. The third-order valence-corrected chi connectivity index (χ3v) is 2.69. The van der Waals surface area contributed by atoms with Crippen LogP contribution < -0.4 is 11.0 Å². The number of hydrogen-bond acceptors (Lipinski definition) is 4. The van der Waals surface area contributed by atoms with E-state index in [1.807, 2.05) is 0 Å². The molecule has 98 valence electrons. The standard InChI is InChI=1S/C12H10ClFN4O/c1-18-12(19)11(13)10(7-16-18)17-15-6-8-3-2-4-9(14)5-8/h2-7,17H,1H3/b15-6-. The summed E-state index contributed by atoms with van der Waals surface area (Å²) in [6, 6.07) is 5.93. The topological polar surface area (TPSA) is 59.3 Å². The molecule has 0 saturated heterocycles. The molecule has 0 amide bonds. The van der Waals surface area contributed by atoms with Crippen molar-refractivity contribution in [3.05, 3.63) is 57.2 Å². The van der Waals surface area contributed by atoms with Gasteiger partial charge in [0, 0.05) is 7.05 Å². The lowest BCUT2D eigenvalue weighted by atomic mass is 10.2. The molecule has 2 rings (SSSR count). The van der Waals surface area contributed by atoms with E-state index in [1.54, 1.807) is 12.1 Å². The Balaban J connectivity index is 2.15. The van der Waals surface area contributed by atoms with Crippen LogP contribution in [0.25, 0.3) is 0 Å². The highest BCUT2D eigenvalue weighted by Crippen LogP contribution is 2.14. The van der Waals surface area contributed by atoms with Crippen molar-refractivity contribution in [2.45, 2.75) is 0 Å². The minimum Gasteiger partial charge on any atom is -0.275 e. The number of nitrogens with zero attached hydrogens (tertiary/aromatic N) is 3. The van der Waals surface area contributed by atoms with Crippen molar-refractivity contribution in [1.29, 1.82) is 0 Å². The lowest BCUT2D eigenvalue weighted by Crippen LogP contribution is -2.20. The van der Waals surface area contributed by atoms with Crippen molar-refractivity contribution in [2.75, 3.05) is 5.43 Å². The Kier molecular flexibility index (Phi) is 3.91. The molecule has 2 aromatic rings. The lowest BCUT2D eigenvalue weighted by molar-refractivity contribution is 0.627. The predicted octanol–water partition coefficient (Wildman–Crippen LogP) is 2.02. The summed E-state index contributed by atoms with van der Waals surface area (Å²) in [6.07, 6.45) is 2.80. The van der Waals surface area contributed by atoms with E-state index in [1.165, 1.54) is 31.6 Å². The number of benzene rings is 1. The maximum absolute atomic E-state index is 12.9. The minimum atomic E-state index is -0.423. The van der Waals surface area contributed by atoms with E-state index >= 15 is 0 Å². The Morgan fingerprint density at radius 2 is 2.32 bits per heavy atom. The zero-order chi connectivity index (χ0) is 13.8. The van der Waals surface area contributed by atoms with E-state index in [0.717, 1.165) is 4.68 Å². The monoisotopic (exact) mass is 280 g/mol. The quantitative estimate of drug-likeness (QED) is 0.691. The fraction of sp³-hybridized carbons (Fsp3) is 0.0833. The fourth-order valence-electron chi connectivity index (χ4n) is 1.35. The summed E-state index contributed by atoms with van der Waals surface area (Å²) in [7, 11) is 1.49. The van der Waals surface area contributed by atoms with E-state index in [4.69, 9.17) is 11.6 Å². The molecule has 0 aliphatic carbocycles. The number of anilines is 1. The Morgan fingerprint density at radius 1 is 1.53 bits per heavy atom. The summed E-state index contributed by atoms with van der Waals surface area (Å²) in [4.78, 5) is 11.5. The van der Waals surface area contributed by atoms with E-state index < -0.39 is 5.56 Å². The Bertz CT molecular complexity index is 684. The van der Waals surface area contributed by atoms with Crippen LogP contribution >= 0.6 is 11.6 Å². The van der Waals surface area contributed by atoms with Crippen LogP contribution in [0.1, 0.15) is 5.56 Å². The van der Waals surface area contributed by atoms with Gasteiger partial charge in [-0.3, -0.25) is 10.2 Å². The average molecular weight is 281 g/mol. The van der Waals surface area contributed by atoms with Gasteiger partial charge in [-0.15, -0.1) is 0 Å². The van der Waals surface area contributed by atoms with Gasteiger partial charge in [-0.2, -0.15) is 10.2 Å². The van der Waals surface area contributed by atoms with Crippen molar-refractivity contribution in [1.82, 2.24) is 9.78 Å². The van der Waals surface area contributed by atoms with Gasteiger partial charge in [0.25, 0.3) is 5.56 Å². The highest BCUT2D eigenvalue weighted by Gasteiger charge is 2.05. The van der Waals surface area contributed by atoms with Gasteiger partial charge in [-0.05, 0) is 17.7 Å². The molecule has 0 aliphatic rings. The second kappa shape index (κ2) is 5.62. The van der Waals surface area contributed by atoms with Crippen LogP contribution in [0, 0.1) is 5.82 Å². The molecule has 1 aromatic heterocycles. The first-order valence-electron chi connectivity index (χ1n) is 5.34. The molecule has 0 unspecified atom stereocenters. The SMILES string of the molecule is Cn1ncc(N/N=C\c2cccc(F)c2)c(Cl)c1=O. The number of hydrazone groups is 1. The normalized spacial score (nSPS) is 10.9. The number of aromatic nitrogens is 2. The molecule has 5 nitrogen and oxygen atoms in total. The summed E-state index contributed by atoms with van der Waals surface area (Å²) >= 11 is 5.84. The van der Waals surface area contributed by atoms with Crippen molar-refractivity contribution < 1.29 is 4.39 Å². The highest BCUT2D eigenvalue weighted by molar-refractivity contribution is 6.32. The van der Waals surface area contributed by atoms with Crippen molar-refractivity contribution >= 4 is 23.5 Å². The predicted molar refractivity (Wildman–Crippen MR) is 72.1 cm³/mol. The first-order chi connectivity index (χ1) is 9.08. The minimum absolute atomic E-state index is 0.00566. The second-order valence-corrected chi connectivity index (χ2v) is 4.10. The second-order valence-electron chi connectivity index (χ2n) is 3.73. The molecule has 0 bridgehead atoms. The van der Waals surface area contributed by atoms with Crippen LogP contribution in [0.3, 0.4) is 0 Å². The molecule has 7 heteroatoms. The molecule has 0 spiro atoms. The van der Waals surface area contributed by atoms with E-state index in [-0.39, 0.29) is 16.5 Å². The molecular weight excluding hydrogens is 271 g/mol. The van der Waals surface area contributed by atoms with Crippen LogP contribution in [0.15, 0.2) is 40.4 Å². The van der Waals surface area contributed by atoms with Crippen LogP contribution in [0.5, 0.6) is 0 Å². The van der Waals surface area contributed by atoms with E-state index in [9.17, 15) is 9.18 Å². The average Bonchev–Trinajstić information content (AvgIpc) is 2.39. The van der Waals surface area contributed by atoms with Gasteiger partial charge < -0.3 is 0 Å². The zero-order valence-electron chi connectivity index (χ0n) is 9.97. The molecule has 1 N–H and O–H groups in total. The number of hydrogen-bond donors (Lipinski definition) is 1. The van der Waals surface area contributed by atoms with Gasteiger partial charge >= 0.3 is 0 Å². The largest absolute Gasteiger partial charge is 0.287 e. The smallest absolute Gasteiger partial charge is 0.275 e. The third kappa shape index (κ3) is 3.17. The van der Waals surface area contributed by atoms with E-state index in [0.29, 0.717) is 5.56 Å². The number of halogens is 2. The molecular formula is C12H10ClFN4O. The highest BCUT2D eigenvalue weighted by atomic mass is 35.5. The molecule has 0 fully saturated rings. The van der Waals surface area contributed by atoms with Crippen LogP contribution in [-0.4, -0.2) is 16.0 Å². The van der Waals surface area contributed by atoms with Crippen molar-refractivity contribution in [2.24, 2.45) is 12.1 Å². The van der Waals surface area contributed by atoms with Gasteiger partial charge in [-0.1, -0.05) is 23.7 Å². The van der Waals surface area contributed by atoms with E-state index in [2.05, 4.69) is 15.6 Å². The molecule has 19 heavy (non-hydrogen) atoms. The summed E-state index contributed by atoms with van der Waals surface area (Å²) in [5.41, 5.74) is 3.04. The molecule has 0 saturated carbocycles. The number of aryl methyl sites for hydroxylation is 1. The van der Waals surface area contributed by atoms with Crippen molar-refractivity contribution in [3.63, 3.8) is 0 Å². The number of rotatable bonds is 3. The summed E-state index contributed by atoms with van der Waals surface area (Å²) < 4.78 is 14.0. The Hall–Kier alpha value is -2.21.